The molecule has 3 heterocycles. The standard InChI is InChI=1S/C20H12N2O/c1-2-6-14-13(5-1)9-10-21-20(14)17-11-16-15-7-3-4-8-18(15)23-19(16)12-22-17/h1-12H. The Bertz CT molecular complexity index is 1170. The van der Waals surface area contributed by atoms with Gasteiger partial charge >= 0.3 is 0 Å². The summed E-state index contributed by atoms with van der Waals surface area (Å²) < 4.78 is 5.85. The fraction of sp³-hybridized carbons (Fsp3) is 0. The van der Waals surface area contributed by atoms with E-state index in [0.29, 0.717) is 0 Å². The van der Waals surface area contributed by atoms with Gasteiger partial charge in [-0.2, -0.15) is 0 Å². The lowest BCUT2D eigenvalue weighted by atomic mass is 10.1. The molecule has 0 unspecified atom stereocenters. The molecular weight excluding hydrogens is 284 g/mol. The minimum absolute atomic E-state index is 0.801. The monoisotopic (exact) mass is 296 g/mol. The van der Waals surface area contributed by atoms with Gasteiger partial charge in [0.05, 0.1) is 17.6 Å². The second kappa shape index (κ2) is 4.65. The third-order valence-electron chi connectivity index (χ3n) is 4.18. The summed E-state index contributed by atoms with van der Waals surface area (Å²) in [5, 5.41) is 4.44. The summed E-state index contributed by atoms with van der Waals surface area (Å²) in [7, 11) is 0. The highest BCUT2D eigenvalue weighted by Crippen LogP contribution is 2.32. The van der Waals surface area contributed by atoms with E-state index in [-0.39, 0.29) is 0 Å². The highest BCUT2D eigenvalue weighted by atomic mass is 16.3. The number of rotatable bonds is 1. The highest BCUT2D eigenvalue weighted by Gasteiger charge is 2.11. The third-order valence-corrected chi connectivity index (χ3v) is 4.18. The molecule has 0 aliphatic heterocycles. The fourth-order valence-electron chi connectivity index (χ4n) is 3.08. The van der Waals surface area contributed by atoms with Gasteiger partial charge in [-0.25, -0.2) is 0 Å². The molecular formula is C20H12N2O. The lowest BCUT2D eigenvalue weighted by Crippen LogP contribution is -1.88. The Morgan fingerprint density at radius 2 is 1.52 bits per heavy atom. The summed E-state index contributed by atoms with van der Waals surface area (Å²) >= 11 is 0. The molecule has 0 N–H and O–H groups in total. The minimum atomic E-state index is 0.801. The molecule has 0 saturated heterocycles. The van der Waals surface area contributed by atoms with E-state index in [9.17, 15) is 0 Å². The second-order valence-electron chi connectivity index (χ2n) is 5.54. The molecule has 2 aromatic carbocycles. The first-order valence-corrected chi connectivity index (χ1v) is 7.51. The van der Waals surface area contributed by atoms with Gasteiger partial charge < -0.3 is 4.42 Å². The van der Waals surface area contributed by atoms with Crippen molar-refractivity contribution in [2.45, 2.75) is 0 Å². The molecule has 0 spiro atoms. The van der Waals surface area contributed by atoms with E-state index in [1.807, 2.05) is 42.6 Å². The van der Waals surface area contributed by atoms with Crippen molar-refractivity contribution in [3.8, 4) is 11.4 Å². The maximum Gasteiger partial charge on any atom is 0.153 e. The maximum atomic E-state index is 5.85. The van der Waals surface area contributed by atoms with Gasteiger partial charge in [0.25, 0.3) is 0 Å². The van der Waals surface area contributed by atoms with Gasteiger partial charge in [-0.3, -0.25) is 9.97 Å². The van der Waals surface area contributed by atoms with Crippen molar-refractivity contribution in [2.75, 3.05) is 0 Å². The summed E-state index contributed by atoms with van der Waals surface area (Å²) in [6.45, 7) is 0. The molecule has 0 amide bonds. The van der Waals surface area contributed by atoms with Crippen LogP contribution in [0.15, 0.2) is 77.5 Å². The fourth-order valence-corrected chi connectivity index (χ4v) is 3.08. The topological polar surface area (TPSA) is 38.9 Å². The quantitative estimate of drug-likeness (QED) is 0.427. The average Bonchev–Trinajstić information content (AvgIpc) is 2.99. The molecule has 0 radical (unpaired) electrons. The second-order valence-corrected chi connectivity index (χ2v) is 5.54. The Balaban J connectivity index is 1.84. The number of aromatic nitrogens is 2. The van der Waals surface area contributed by atoms with Crippen LogP contribution in [0.3, 0.4) is 0 Å². The molecule has 0 atom stereocenters. The van der Waals surface area contributed by atoms with Crippen molar-refractivity contribution in [3.63, 3.8) is 0 Å². The zero-order chi connectivity index (χ0) is 15.2. The summed E-state index contributed by atoms with van der Waals surface area (Å²) in [5.41, 5.74) is 3.44. The van der Waals surface area contributed by atoms with E-state index in [0.717, 1.165) is 44.1 Å². The number of benzene rings is 2. The van der Waals surface area contributed by atoms with Crippen LogP contribution in [0.25, 0.3) is 44.1 Å². The van der Waals surface area contributed by atoms with Crippen LogP contribution in [0.4, 0.5) is 0 Å². The summed E-state index contributed by atoms with van der Waals surface area (Å²) in [4.78, 5) is 9.12. The Morgan fingerprint density at radius 3 is 2.48 bits per heavy atom. The molecule has 0 aliphatic rings. The summed E-state index contributed by atoms with van der Waals surface area (Å²) in [5.74, 6) is 0. The number of hydrogen-bond donors (Lipinski definition) is 0. The first-order valence-electron chi connectivity index (χ1n) is 7.51. The largest absolute Gasteiger partial charge is 0.454 e. The highest BCUT2D eigenvalue weighted by molar-refractivity contribution is 6.06. The number of furan rings is 1. The number of nitrogens with zero attached hydrogens (tertiary/aromatic N) is 2. The van der Waals surface area contributed by atoms with Crippen molar-refractivity contribution < 1.29 is 4.42 Å². The first kappa shape index (κ1) is 12.4. The molecule has 3 aromatic heterocycles. The van der Waals surface area contributed by atoms with Crippen molar-refractivity contribution >= 4 is 32.7 Å². The molecule has 0 aliphatic carbocycles. The molecule has 5 aromatic rings. The third kappa shape index (κ3) is 1.83. The van der Waals surface area contributed by atoms with E-state index >= 15 is 0 Å². The van der Waals surface area contributed by atoms with E-state index in [1.165, 1.54) is 0 Å². The predicted molar refractivity (Wildman–Crippen MR) is 92.3 cm³/mol. The van der Waals surface area contributed by atoms with Crippen LogP contribution in [0.2, 0.25) is 0 Å². The van der Waals surface area contributed by atoms with Gasteiger partial charge in [0.1, 0.15) is 5.58 Å². The Morgan fingerprint density at radius 1 is 0.696 bits per heavy atom. The van der Waals surface area contributed by atoms with Crippen LogP contribution in [-0.4, -0.2) is 9.97 Å². The van der Waals surface area contributed by atoms with Crippen molar-refractivity contribution in [2.24, 2.45) is 0 Å². The molecule has 0 saturated carbocycles. The van der Waals surface area contributed by atoms with Crippen molar-refractivity contribution in [1.82, 2.24) is 9.97 Å². The van der Waals surface area contributed by atoms with Gasteiger partial charge in [0.15, 0.2) is 5.58 Å². The molecule has 0 bridgehead atoms. The van der Waals surface area contributed by atoms with Crippen molar-refractivity contribution in [1.29, 1.82) is 0 Å². The van der Waals surface area contributed by atoms with Crippen LogP contribution >= 0.6 is 0 Å². The zero-order valence-corrected chi connectivity index (χ0v) is 12.2. The van der Waals surface area contributed by atoms with Crippen LogP contribution in [0.1, 0.15) is 0 Å². The number of para-hydroxylation sites is 1. The SMILES string of the molecule is c1ccc2c(-c3cc4c(cn3)oc3ccccc34)nccc2c1. The molecule has 3 nitrogen and oxygen atoms in total. The maximum absolute atomic E-state index is 5.85. The molecule has 3 heteroatoms. The summed E-state index contributed by atoms with van der Waals surface area (Å²) in [6.07, 6.45) is 3.62. The van der Waals surface area contributed by atoms with Crippen LogP contribution in [-0.2, 0) is 0 Å². The van der Waals surface area contributed by atoms with Gasteiger partial charge in [0, 0.05) is 22.4 Å². The van der Waals surface area contributed by atoms with Crippen LogP contribution < -0.4 is 0 Å². The normalized spacial score (nSPS) is 11.5. The lowest BCUT2D eigenvalue weighted by Gasteiger charge is -2.04. The Hall–Kier alpha value is -3.20. The smallest absolute Gasteiger partial charge is 0.153 e. The van der Waals surface area contributed by atoms with E-state index in [1.54, 1.807) is 6.20 Å². The number of hydrogen-bond acceptors (Lipinski definition) is 3. The lowest BCUT2D eigenvalue weighted by molar-refractivity contribution is 0.667. The number of fused-ring (bicyclic) bond motifs is 4. The van der Waals surface area contributed by atoms with Crippen molar-refractivity contribution in [3.05, 3.63) is 73.1 Å². The van der Waals surface area contributed by atoms with Gasteiger partial charge in [-0.1, -0.05) is 42.5 Å². The van der Waals surface area contributed by atoms with E-state index < -0.39 is 0 Å². The first-order chi connectivity index (χ1) is 11.4. The summed E-state index contributed by atoms with van der Waals surface area (Å²) in [6, 6.07) is 20.4. The Labute approximate surface area is 132 Å². The van der Waals surface area contributed by atoms with Gasteiger partial charge in [-0.05, 0) is 23.6 Å². The average molecular weight is 296 g/mol. The molecule has 0 fully saturated rings. The predicted octanol–water partition coefficient (Wildman–Crippen LogP) is 5.20. The minimum Gasteiger partial charge on any atom is -0.454 e. The molecule has 23 heavy (non-hydrogen) atoms. The Kier molecular flexibility index (Phi) is 2.50. The molecule has 108 valence electrons. The number of pyridine rings is 2. The zero-order valence-electron chi connectivity index (χ0n) is 12.2. The van der Waals surface area contributed by atoms with Crippen LogP contribution in [0, 0.1) is 0 Å². The van der Waals surface area contributed by atoms with Gasteiger partial charge in [-0.15, -0.1) is 0 Å². The van der Waals surface area contributed by atoms with Gasteiger partial charge in [0.2, 0.25) is 0 Å². The van der Waals surface area contributed by atoms with E-state index in [2.05, 4.69) is 34.2 Å². The van der Waals surface area contributed by atoms with E-state index in [4.69, 9.17) is 4.42 Å². The van der Waals surface area contributed by atoms with Crippen LogP contribution in [0.5, 0.6) is 0 Å². The molecule has 5 rings (SSSR count).